The lowest BCUT2D eigenvalue weighted by atomic mass is 10.3. The second-order valence-corrected chi connectivity index (χ2v) is 6.39. The molecule has 0 saturated carbocycles. The van der Waals surface area contributed by atoms with Gasteiger partial charge in [-0.15, -0.1) is 5.10 Å². The summed E-state index contributed by atoms with van der Waals surface area (Å²) in [5.74, 6) is 0.199. The molecule has 0 aliphatic carbocycles. The highest BCUT2D eigenvalue weighted by molar-refractivity contribution is 7.87. The van der Waals surface area contributed by atoms with Crippen molar-refractivity contribution >= 4 is 10.1 Å². The van der Waals surface area contributed by atoms with Crippen LogP contribution in [0, 0.1) is 13.8 Å². The van der Waals surface area contributed by atoms with E-state index in [2.05, 4.69) is 20.6 Å². The molecule has 0 aliphatic rings. The van der Waals surface area contributed by atoms with Crippen LogP contribution in [0.1, 0.15) is 11.4 Å². The van der Waals surface area contributed by atoms with Crippen molar-refractivity contribution in [1.29, 1.82) is 0 Å². The van der Waals surface area contributed by atoms with Crippen molar-refractivity contribution in [1.82, 2.24) is 30.0 Å². The first kappa shape index (κ1) is 15.2. The van der Waals surface area contributed by atoms with Crippen LogP contribution in [-0.4, -0.2) is 38.4 Å². The third kappa shape index (κ3) is 2.80. The standard InChI is InChI=1S/C13H14N6O3S/c1-9-13(10(2)18(3)15-9)23(20,21)22-12-6-4-11(5-7-12)19-8-14-16-17-19/h4-8H,1-3H3. The fourth-order valence-corrected chi connectivity index (χ4v) is 3.56. The van der Waals surface area contributed by atoms with E-state index in [9.17, 15) is 8.42 Å². The zero-order chi connectivity index (χ0) is 16.6. The Balaban J connectivity index is 1.89. The van der Waals surface area contributed by atoms with Crippen LogP contribution in [0.15, 0.2) is 35.5 Å². The second-order valence-electron chi connectivity index (χ2n) is 4.91. The molecule has 0 saturated heterocycles. The third-order valence-corrected chi connectivity index (χ3v) is 4.85. The van der Waals surface area contributed by atoms with E-state index in [1.165, 1.54) is 27.8 Å². The van der Waals surface area contributed by atoms with Gasteiger partial charge in [-0.05, 0) is 48.5 Å². The molecule has 0 aliphatic heterocycles. The molecule has 0 fully saturated rings. The average Bonchev–Trinajstić information content (AvgIpc) is 3.09. The van der Waals surface area contributed by atoms with E-state index in [4.69, 9.17) is 4.18 Å². The minimum atomic E-state index is -3.95. The molecule has 0 N–H and O–H groups in total. The van der Waals surface area contributed by atoms with Gasteiger partial charge >= 0.3 is 10.1 Å². The monoisotopic (exact) mass is 334 g/mol. The van der Waals surface area contributed by atoms with Crippen LogP contribution in [0.5, 0.6) is 5.75 Å². The molecule has 3 rings (SSSR count). The van der Waals surface area contributed by atoms with Gasteiger partial charge in [-0.25, -0.2) is 4.68 Å². The molecule has 2 heterocycles. The molecule has 10 heteroatoms. The van der Waals surface area contributed by atoms with Crippen LogP contribution in [-0.2, 0) is 17.2 Å². The molecule has 0 atom stereocenters. The number of tetrazole rings is 1. The molecule has 0 spiro atoms. The largest absolute Gasteiger partial charge is 0.379 e. The quantitative estimate of drug-likeness (QED) is 0.649. The van der Waals surface area contributed by atoms with E-state index in [0.29, 0.717) is 17.1 Å². The number of nitrogens with zero attached hydrogens (tertiary/aromatic N) is 6. The Hall–Kier alpha value is -2.75. The van der Waals surface area contributed by atoms with Crippen molar-refractivity contribution in [2.24, 2.45) is 7.05 Å². The maximum atomic E-state index is 12.5. The minimum absolute atomic E-state index is 0.0875. The summed E-state index contributed by atoms with van der Waals surface area (Å²) in [4.78, 5) is 0.0875. The van der Waals surface area contributed by atoms with Gasteiger partial charge in [-0.2, -0.15) is 13.5 Å². The van der Waals surface area contributed by atoms with Gasteiger partial charge in [0.1, 0.15) is 17.0 Å². The van der Waals surface area contributed by atoms with E-state index in [-0.39, 0.29) is 10.6 Å². The molecule has 0 unspecified atom stereocenters. The molecule has 2 aromatic heterocycles. The summed E-state index contributed by atoms with van der Waals surface area (Å²) in [5.41, 5.74) is 1.61. The SMILES string of the molecule is Cc1nn(C)c(C)c1S(=O)(=O)Oc1ccc(-n2cnnn2)cc1. The topological polar surface area (TPSA) is 105 Å². The van der Waals surface area contributed by atoms with Gasteiger partial charge in [-0.1, -0.05) is 0 Å². The van der Waals surface area contributed by atoms with E-state index in [1.807, 2.05) is 0 Å². The third-order valence-electron chi connectivity index (χ3n) is 3.35. The first-order chi connectivity index (χ1) is 10.9. The normalized spacial score (nSPS) is 11.6. The lowest BCUT2D eigenvalue weighted by Gasteiger charge is -2.08. The first-order valence-electron chi connectivity index (χ1n) is 6.66. The predicted octanol–water partition coefficient (Wildman–Crippen LogP) is 0.780. The number of aryl methyl sites for hydroxylation is 2. The summed E-state index contributed by atoms with van der Waals surface area (Å²) in [6.07, 6.45) is 1.44. The van der Waals surface area contributed by atoms with Crippen molar-refractivity contribution in [3.63, 3.8) is 0 Å². The van der Waals surface area contributed by atoms with E-state index < -0.39 is 10.1 Å². The van der Waals surface area contributed by atoms with Crippen LogP contribution < -0.4 is 4.18 Å². The summed E-state index contributed by atoms with van der Waals surface area (Å²) >= 11 is 0. The highest BCUT2D eigenvalue weighted by Crippen LogP contribution is 2.24. The van der Waals surface area contributed by atoms with Crippen LogP contribution in [0.25, 0.3) is 5.69 Å². The molecule has 23 heavy (non-hydrogen) atoms. The summed E-state index contributed by atoms with van der Waals surface area (Å²) in [5, 5.41) is 14.9. The molecule has 9 nitrogen and oxygen atoms in total. The maximum absolute atomic E-state index is 12.5. The Bertz CT molecular complexity index is 929. The predicted molar refractivity (Wildman–Crippen MR) is 79.6 cm³/mol. The summed E-state index contributed by atoms with van der Waals surface area (Å²) in [6.45, 7) is 3.31. The molecule has 0 radical (unpaired) electrons. The van der Waals surface area contributed by atoms with E-state index >= 15 is 0 Å². The Morgan fingerprint density at radius 3 is 2.35 bits per heavy atom. The summed E-state index contributed by atoms with van der Waals surface area (Å²) < 4.78 is 33.1. The molecule has 1 aromatic carbocycles. The van der Waals surface area contributed by atoms with Crippen molar-refractivity contribution in [2.45, 2.75) is 18.7 Å². The van der Waals surface area contributed by atoms with Gasteiger partial charge in [0.25, 0.3) is 0 Å². The van der Waals surface area contributed by atoms with Crippen molar-refractivity contribution < 1.29 is 12.6 Å². The van der Waals surface area contributed by atoms with Crippen LogP contribution in [0.4, 0.5) is 0 Å². The molecule has 0 bridgehead atoms. The van der Waals surface area contributed by atoms with Gasteiger partial charge in [0.15, 0.2) is 0 Å². The Labute approximate surface area is 132 Å². The summed E-state index contributed by atoms with van der Waals surface area (Å²) in [6, 6.07) is 6.39. The zero-order valence-electron chi connectivity index (χ0n) is 12.7. The molecule has 3 aromatic rings. The molecular formula is C13H14N6O3S. The Morgan fingerprint density at radius 2 is 1.83 bits per heavy atom. The van der Waals surface area contributed by atoms with Crippen LogP contribution in [0.2, 0.25) is 0 Å². The number of aromatic nitrogens is 6. The molecule has 0 amide bonds. The number of rotatable bonds is 4. The second kappa shape index (κ2) is 5.47. The molecule has 120 valence electrons. The smallest absolute Gasteiger partial charge is 0.342 e. The number of benzene rings is 1. The zero-order valence-corrected chi connectivity index (χ0v) is 13.5. The van der Waals surface area contributed by atoms with Gasteiger partial charge in [0.2, 0.25) is 0 Å². The lowest BCUT2D eigenvalue weighted by Crippen LogP contribution is -2.12. The number of hydrogen-bond acceptors (Lipinski definition) is 7. The Morgan fingerprint density at radius 1 is 1.13 bits per heavy atom. The highest BCUT2D eigenvalue weighted by atomic mass is 32.2. The number of hydrogen-bond donors (Lipinski definition) is 0. The fourth-order valence-electron chi connectivity index (χ4n) is 2.22. The van der Waals surface area contributed by atoms with Gasteiger partial charge in [-0.3, -0.25) is 4.68 Å². The van der Waals surface area contributed by atoms with Crippen LogP contribution >= 0.6 is 0 Å². The Kier molecular flexibility index (Phi) is 3.60. The first-order valence-corrected chi connectivity index (χ1v) is 8.07. The van der Waals surface area contributed by atoms with Crippen molar-refractivity contribution in [2.75, 3.05) is 0 Å². The fraction of sp³-hybridized carbons (Fsp3) is 0.231. The van der Waals surface area contributed by atoms with Crippen LogP contribution in [0.3, 0.4) is 0 Å². The molecular weight excluding hydrogens is 320 g/mol. The van der Waals surface area contributed by atoms with Gasteiger partial charge in [0.05, 0.1) is 17.1 Å². The van der Waals surface area contributed by atoms with E-state index in [0.717, 1.165) is 0 Å². The van der Waals surface area contributed by atoms with Gasteiger partial charge in [0, 0.05) is 7.05 Å². The lowest BCUT2D eigenvalue weighted by molar-refractivity contribution is 0.484. The van der Waals surface area contributed by atoms with E-state index in [1.54, 1.807) is 33.0 Å². The van der Waals surface area contributed by atoms with Crippen molar-refractivity contribution in [3.05, 3.63) is 42.0 Å². The van der Waals surface area contributed by atoms with Gasteiger partial charge < -0.3 is 4.18 Å². The minimum Gasteiger partial charge on any atom is -0.379 e. The van der Waals surface area contributed by atoms with Crippen molar-refractivity contribution in [3.8, 4) is 11.4 Å². The average molecular weight is 334 g/mol. The highest BCUT2D eigenvalue weighted by Gasteiger charge is 2.25. The summed E-state index contributed by atoms with van der Waals surface area (Å²) in [7, 11) is -2.27. The maximum Gasteiger partial charge on any atom is 0.342 e.